The van der Waals surface area contributed by atoms with Crippen LogP contribution in [0.1, 0.15) is 0 Å². The Labute approximate surface area is 293 Å². The van der Waals surface area contributed by atoms with Gasteiger partial charge in [-0.15, -0.1) is 0 Å². The van der Waals surface area contributed by atoms with Gasteiger partial charge in [0.15, 0.2) is 0 Å². The first-order chi connectivity index (χ1) is 23.7. The van der Waals surface area contributed by atoms with E-state index in [1.807, 2.05) is 0 Å². The molecule has 8 aromatic rings. The van der Waals surface area contributed by atoms with Crippen LogP contribution in [0.15, 0.2) is 115 Å². The van der Waals surface area contributed by atoms with E-state index in [1.54, 1.807) is 0 Å². The van der Waals surface area contributed by atoms with E-state index in [2.05, 4.69) is 148 Å². The molecule has 49 heavy (non-hydrogen) atoms. The first-order valence-corrected chi connectivity index (χ1v) is 26.2. The van der Waals surface area contributed by atoms with Crippen molar-refractivity contribution in [3.63, 3.8) is 0 Å². The Morgan fingerprint density at radius 3 is 1.35 bits per heavy atom. The van der Waals surface area contributed by atoms with Gasteiger partial charge in [-0.2, -0.15) is 0 Å². The maximum absolute atomic E-state index is 7.24. The fraction of sp³-hybridized carbons (Fsp3) is 0.128. The summed E-state index contributed by atoms with van der Waals surface area (Å²) in [6.07, 6.45) is 0. The Kier molecular flexibility index (Phi) is 7.38. The van der Waals surface area contributed by atoms with Gasteiger partial charge in [0.2, 0.25) is 0 Å². The van der Waals surface area contributed by atoms with Gasteiger partial charge in [-0.05, 0) is 108 Å². The maximum Gasteiger partial charge on any atom is 0.413 e. The van der Waals surface area contributed by atoms with E-state index in [4.69, 9.17) is 20.6 Å². The number of rotatable bonds is 1. The van der Waals surface area contributed by atoms with E-state index in [-0.39, 0.29) is 20.0 Å². The third-order valence-electron chi connectivity index (χ3n) is 9.73. The predicted molar refractivity (Wildman–Crippen MR) is 212 cm³/mol. The molecule has 1 aliphatic rings. The summed E-state index contributed by atoms with van der Waals surface area (Å²) in [6.45, 7) is 10.5. The van der Waals surface area contributed by atoms with Crippen molar-refractivity contribution < 1.29 is 20.6 Å². The van der Waals surface area contributed by atoms with Crippen LogP contribution in [0.4, 0.5) is 0 Å². The van der Waals surface area contributed by atoms with Crippen molar-refractivity contribution in [3.05, 3.63) is 115 Å². The first-order valence-electron chi connectivity index (χ1n) is 16.6. The minimum Gasteiger partial charge on any atom is -0.416 e. The van der Waals surface area contributed by atoms with Crippen LogP contribution in [0.25, 0.3) is 75.4 Å². The van der Waals surface area contributed by atoms with Gasteiger partial charge in [-0.25, -0.2) is 0 Å². The molecule has 0 bridgehead atoms. The quantitative estimate of drug-likeness (QED) is 0.125. The largest absolute Gasteiger partial charge is 0.416 e. The summed E-state index contributed by atoms with van der Waals surface area (Å²) in [4.78, 5) is 0. The summed E-state index contributed by atoms with van der Waals surface area (Å²) >= 11 is 0. The summed E-state index contributed by atoms with van der Waals surface area (Å²) in [6, 6.07) is 42.2. The average Bonchev–Trinajstić information content (AvgIpc) is 3.09. The second kappa shape index (κ2) is 11.5. The molecular formula is C39H34O5Si5. The van der Waals surface area contributed by atoms with Crippen LogP contribution >= 0.6 is 0 Å². The van der Waals surface area contributed by atoms with Gasteiger partial charge in [0, 0.05) is 5.19 Å². The Morgan fingerprint density at radius 2 is 0.755 bits per heavy atom. The molecule has 0 spiro atoms. The molecule has 0 aliphatic carbocycles. The lowest BCUT2D eigenvalue weighted by molar-refractivity contribution is 0.277. The monoisotopic (exact) mass is 722 g/mol. The minimum absolute atomic E-state index is 0.132. The van der Waals surface area contributed by atoms with Crippen molar-refractivity contribution in [1.82, 2.24) is 0 Å². The molecule has 240 valence electrons. The average molecular weight is 723 g/mol. The van der Waals surface area contributed by atoms with Crippen molar-refractivity contribution in [2.75, 3.05) is 0 Å². The third-order valence-corrected chi connectivity index (χ3v) is 23.4. The van der Waals surface area contributed by atoms with Crippen LogP contribution in [0.2, 0.25) is 32.7 Å². The molecule has 0 saturated carbocycles. The SMILES string of the molecule is C[Si]1(C)O[Si]O[Si]O[Si](C)(c2cccc3c4ccccc4c4c(c5ccccc5c5c6ccccc6c6ccccc6c54)c23)O[Si](C)(C)O1. The second-order valence-electron chi connectivity index (χ2n) is 13.8. The predicted octanol–water partition coefficient (Wildman–Crippen LogP) is 9.61. The zero-order valence-corrected chi connectivity index (χ0v) is 33.0. The van der Waals surface area contributed by atoms with Crippen LogP contribution in [-0.2, 0) is 20.6 Å². The highest BCUT2D eigenvalue weighted by molar-refractivity contribution is 6.93. The Bertz CT molecular complexity index is 2640. The molecule has 10 heteroatoms. The summed E-state index contributed by atoms with van der Waals surface area (Å²) in [7, 11) is -8.72. The second-order valence-corrected chi connectivity index (χ2v) is 26.3. The van der Waals surface area contributed by atoms with E-state index < -0.39 is 25.7 Å². The van der Waals surface area contributed by atoms with Gasteiger partial charge in [-0.1, -0.05) is 115 Å². The van der Waals surface area contributed by atoms with Crippen molar-refractivity contribution in [1.29, 1.82) is 0 Å². The molecule has 5 nitrogen and oxygen atoms in total. The molecule has 4 radical (unpaired) electrons. The summed E-state index contributed by atoms with van der Waals surface area (Å²) < 4.78 is 32.8. The molecule has 0 aromatic heterocycles. The molecule has 1 atom stereocenters. The van der Waals surface area contributed by atoms with Crippen molar-refractivity contribution in [2.24, 2.45) is 0 Å². The molecular weight excluding hydrogens is 689 g/mol. The topological polar surface area (TPSA) is 46.2 Å². The van der Waals surface area contributed by atoms with Crippen molar-refractivity contribution >= 4 is 126 Å². The molecule has 1 heterocycles. The molecule has 8 aromatic carbocycles. The Balaban J connectivity index is 1.53. The molecule has 1 fully saturated rings. The summed E-state index contributed by atoms with van der Waals surface area (Å²) in [5.41, 5.74) is 0. The minimum atomic E-state index is -3.17. The Morgan fingerprint density at radius 1 is 0.367 bits per heavy atom. The van der Waals surface area contributed by atoms with Gasteiger partial charge >= 0.3 is 45.7 Å². The van der Waals surface area contributed by atoms with E-state index in [9.17, 15) is 0 Å². The standard InChI is InChI=1S/C39H34O5Si5/c1-47(2)41-45-40-46-42-49(5,44-48(3,4)43-47)34-24-14-23-29-27-17-8-11-20-31(27)39-37-30-19-10-7-16-26(30)25-15-6-9-18-28(25)35(37)32-21-12-13-22-33(32)38(39)36(29)34/h6-24H,1-5H3. The highest BCUT2D eigenvalue weighted by Crippen LogP contribution is 2.48. The van der Waals surface area contributed by atoms with Gasteiger partial charge < -0.3 is 20.6 Å². The highest BCUT2D eigenvalue weighted by atomic mass is 28.5. The van der Waals surface area contributed by atoms with Crippen molar-refractivity contribution in [2.45, 2.75) is 32.7 Å². The molecule has 9 rings (SSSR count). The fourth-order valence-electron chi connectivity index (χ4n) is 8.22. The van der Waals surface area contributed by atoms with E-state index in [0.29, 0.717) is 0 Å². The molecule has 1 aliphatic heterocycles. The lowest BCUT2D eigenvalue weighted by Gasteiger charge is -2.40. The molecule has 0 amide bonds. The number of fused-ring (bicyclic) bond motifs is 16. The van der Waals surface area contributed by atoms with Crippen LogP contribution in [-0.4, -0.2) is 45.7 Å². The highest BCUT2D eigenvalue weighted by Gasteiger charge is 2.47. The van der Waals surface area contributed by atoms with Crippen LogP contribution in [0, 0.1) is 0 Å². The smallest absolute Gasteiger partial charge is 0.413 e. The van der Waals surface area contributed by atoms with Gasteiger partial charge in [0.1, 0.15) is 0 Å². The third kappa shape index (κ3) is 5.01. The molecule has 1 unspecified atom stereocenters. The maximum atomic E-state index is 7.24. The van der Waals surface area contributed by atoms with Crippen LogP contribution in [0.3, 0.4) is 0 Å². The zero-order chi connectivity index (χ0) is 33.5. The van der Waals surface area contributed by atoms with E-state index in [0.717, 1.165) is 5.19 Å². The van der Waals surface area contributed by atoms with E-state index >= 15 is 0 Å². The van der Waals surface area contributed by atoms with Gasteiger partial charge in [0.05, 0.1) is 0 Å². The lowest BCUT2D eigenvalue weighted by atomic mass is 9.83. The first kappa shape index (κ1) is 31.4. The van der Waals surface area contributed by atoms with Crippen molar-refractivity contribution in [3.8, 4) is 0 Å². The van der Waals surface area contributed by atoms with Gasteiger partial charge in [0.25, 0.3) is 0 Å². The fourth-order valence-corrected chi connectivity index (χ4v) is 23.0. The van der Waals surface area contributed by atoms with E-state index in [1.165, 1.54) is 75.4 Å². The summed E-state index contributed by atoms with van der Waals surface area (Å²) in [5.74, 6) is 0. The number of hydrogen-bond acceptors (Lipinski definition) is 5. The normalized spacial score (nSPS) is 20.2. The lowest BCUT2D eigenvalue weighted by Crippen LogP contribution is -2.62. The number of benzene rings is 8. The summed E-state index contributed by atoms with van der Waals surface area (Å²) in [5, 5.41) is 18.5. The van der Waals surface area contributed by atoms with Crippen LogP contribution in [0.5, 0.6) is 0 Å². The van der Waals surface area contributed by atoms with Gasteiger partial charge in [-0.3, -0.25) is 0 Å². The zero-order valence-electron chi connectivity index (χ0n) is 28.0. The Hall–Kier alpha value is -3.54. The van der Waals surface area contributed by atoms with Crippen LogP contribution < -0.4 is 5.19 Å². The molecule has 1 saturated heterocycles. The number of hydrogen-bond donors (Lipinski definition) is 0. The molecule has 0 N–H and O–H groups in total.